The summed E-state index contributed by atoms with van der Waals surface area (Å²) in [5.41, 5.74) is 3.37. The Bertz CT molecular complexity index is 1460. The van der Waals surface area contributed by atoms with E-state index in [9.17, 15) is 4.79 Å². The van der Waals surface area contributed by atoms with Crippen LogP contribution in [0.3, 0.4) is 0 Å². The minimum atomic E-state index is -0.978. The van der Waals surface area contributed by atoms with Crippen molar-refractivity contribution < 1.29 is 33.2 Å². The second-order valence-electron chi connectivity index (χ2n) is 10.6. The molecule has 0 radical (unpaired) electrons. The molecule has 0 bridgehead atoms. The van der Waals surface area contributed by atoms with Gasteiger partial charge in [-0.2, -0.15) is 0 Å². The van der Waals surface area contributed by atoms with Gasteiger partial charge < -0.3 is 28.4 Å². The highest BCUT2D eigenvalue weighted by Crippen LogP contribution is 2.31. The first-order valence-corrected chi connectivity index (χ1v) is 15.1. The van der Waals surface area contributed by atoms with Crippen molar-refractivity contribution in [3.8, 4) is 12.3 Å². The van der Waals surface area contributed by atoms with Gasteiger partial charge in [-0.3, -0.25) is 0 Å². The molecule has 0 aliphatic carbocycles. The maximum absolute atomic E-state index is 13.4. The lowest BCUT2D eigenvalue weighted by molar-refractivity contribution is -0.317. The van der Waals surface area contributed by atoms with Gasteiger partial charge in [-0.25, -0.2) is 4.79 Å². The van der Waals surface area contributed by atoms with Gasteiger partial charge in [-0.1, -0.05) is 109 Å². The van der Waals surface area contributed by atoms with Crippen LogP contribution < -0.4 is 0 Å². The molecule has 0 aromatic heterocycles. The van der Waals surface area contributed by atoms with E-state index in [0.29, 0.717) is 18.6 Å². The number of terminal acetylenes is 1. The van der Waals surface area contributed by atoms with E-state index in [1.54, 1.807) is 24.3 Å². The zero-order valence-corrected chi connectivity index (χ0v) is 25.1. The Balaban J connectivity index is 1.45. The number of rotatable bonds is 15. The molecule has 45 heavy (non-hydrogen) atoms. The van der Waals surface area contributed by atoms with E-state index in [4.69, 9.17) is 34.8 Å². The third-order valence-corrected chi connectivity index (χ3v) is 7.34. The molecule has 3 unspecified atom stereocenters. The van der Waals surface area contributed by atoms with Crippen molar-refractivity contribution >= 4 is 5.97 Å². The predicted molar refractivity (Wildman–Crippen MR) is 170 cm³/mol. The van der Waals surface area contributed by atoms with Gasteiger partial charge >= 0.3 is 5.97 Å². The zero-order chi connectivity index (χ0) is 31.1. The number of hydrogen-bond donors (Lipinski definition) is 0. The lowest BCUT2D eigenvalue weighted by Crippen LogP contribution is -2.62. The number of benzene rings is 4. The van der Waals surface area contributed by atoms with Crippen LogP contribution in [0.15, 0.2) is 121 Å². The van der Waals surface area contributed by atoms with Crippen molar-refractivity contribution in [1.29, 1.82) is 0 Å². The Hall–Kier alpha value is -4.29. The smallest absolute Gasteiger partial charge is 0.338 e. The van der Waals surface area contributed by atoms with Crippen LogP contribution >= 0.6 is 0 Å². The van der Waals surface area contributed by atoms with Gasteiger partial charge in [0, 0.05) is 6.42 Å². The van der Waals surface area contributed by atoms with E-state index >= 15 is 0 Å². The summed E-state index contributed by atoms with van der Waals surface area (Å²) >= 11 is 0. The fraction of sp³-hybridized carbons (Fsp3) is 0.289. The number of esters is 1. The first kappa shape index (κ1) is 32.1. The molecule has 0 amide bonds. The van der Waals surface area contributed by atoms with Gasteiger partial charge in [0.25, 0.3) is 0 Å². The van der Waals surface area contributed by atoms with E-state index in [0.717, 1.165) is 16.7 Å². The summed E-state index contributed by atoms with van der Waals surface area (Å²) in [5.74, 6) is 2.06. The maximum Gasteiger partial charge on any atom is 0.338 e. The van der Waals surface area contributed by atoms with Gasteiger partial charge in [0.05, 0.1) is 38.6 Å². The summed E-state index contributed by atoms with van der Waals surface area (Å²) in [7, 11) is 0. The Labute approximate surface area is 265 Å². The number of carbonyl (C=O) groups excluding carboxylic acids is 1. The van der Waals surface area contributed by atoms with Crippen LogP contribution in [0.25, 0.3) is 0 Å². The van der Waals surface area contributed by atoms with Crippen LogP contribution in [0.1, 0.15) is 33.5 Å². The van der Waals surface area contributed by atoms with E-state index < -0.39 is 36.7 Å². The molecule has 7 heteroatoms. The maximum atomic E-state index is 13.4. The minimum absolute atomic E-state index is 0.188. The number of carbonyl (C=O) groups is 1. The van der Waals surface area contributed by atoms with Crippen LogP contribution in [-0.4, -0.2) is 49.9 Å². The fourth-order valence-corrected chi connectivity index (χ4v) is 5.06. The van der Waals surface area contributed by atoms with Gasteiger partial charge in [0.1, 0.15) is 18.3 Å². The molecule has 1 aliphatic rings. The molecule has 4 aromatic carbocycles. The Morgan fingerprint density at radius 3 is 1.71 bits per heavy atom. The molecule has 7 nitrogen and oxygen atoms in total. The molecule has 0 N–H and O–H groups in total. The Morgan fingerprint density at radius 1 is 0.644 bits per heavy atom. The largest absolute Gasteiger partial charge is 0.450 e. The zero-order valence-electron chi connectivity index (χ0n) is 25.1. The summed E-state index contributed by atoms with van der Waals surface area (Å²) in [6.07, 6.45) is 1.88. The van der Waals surface area contributed by atoms with Crippen molar-refractivity contribution in [1.82, 2.24) is 0 Å². The molecular weight excluding hydrogens is 568 g/mol. The molecule has 5 atom stereocenters. The predicted octanol–water partition coefficient (Wildman–Crippen LogP) is 6.36. The van der Waals surface area contributed by atoms with Crippen molar-refractivity contribution in [3.05, 3.63) is 144 Å². The number of ether oxygens (including phenoxy) is 6. The Kier molecular flexibility index (Phi) is 12.3. The van der Waals surface area contributed by atoms with Crippen molar-refractivity contribution in [3.63, 3.8) is 0 Å². The summed E-state index contributed by atoms with van der Waals surface area (Å²) in [6.45, 7) is 1.33. The molecule has 1 heterocycles. The normalized spacial score (nSPS) is 21.1. The monoisotopic (exact) mass is 606 g/mol. The van der Waals surface area contributed by atoms with Crippen molar-refractivity contribution in [2.75, 3.05) is 13.2 Å². The minimum Gasteiger partial charge on any atom is -0.450 e. The molecule has 1 aliphatic heterocycles. The molecule has 0 spiro atoms. The van der Waals surface area contributed by atoms with Crippen LogP contribution in [0.2, 0.25) is 0 Å². The van der Waals surface area contributed by atoms with E-state index in [1.165, 1.54) is 0 Å². The first-order chi connectivity index (χ1) is 22.2. The quantitative estimate of drug-likeness (QED) is 0.0886. The van der Waals surface area contributed by atoms with E-state index in [2.05, 4.69) is 5.92 Å². The standard InChI is InChI=1S/C38H38O7/c1-2-3-24-41-38-36(45-37(39)32-22-14-7-15-23-32)35(43-27-31-20-12-6-13-21-31)34(42-26-30-18-10-5-11-19-30)33(44-38)28-40-25-29-16-8-4-9-17-29/h1,4-23,33-36,38H,3,24-28H2/t33?,34-,35?,36?,38-/m1/s1. The topological polar surface area (TPSA) is 72.5 Å². The van der Waals surface area contributed by atoms with Crippen LogP contribution in [-0.2, 0) is 48.2 Å². The second-order valence-corrected chi connectivity index (χ2v) is 10.6. The summed E-state index contributed by atoms with van der Waals surface area (Å²) in [4.78, 5) is 13.4. The van der Waals surface area contributed by atoms with Crippen LogP contribution in [0, 0.1) is 12.3 Å². The molecule has 1 fully saturated rings. The fourth-order valence-electron chi connectivity index (χ4n) is 5.06. The van der Waals surface area contributed by atoms with Crippen LogP contribution in [0.4, 0.5) is 0 Å². The highest BCUT2D eigenvalue weighted by molar-refractivity contribution is 5.89. The third-order valence-electron chi connectivity index (χ3n) is 7.34. The highest BCUT2D eigenvalue weighted by atomic mass is 16.7. The van der Waals surface area contributed by atoms with E-state index in [-0.39, 0.29) is 26.4 Å². The second kappa shape index (κ2) is 17.3. The average Bonchev–Trinajstić information content (AvgIpc) is 3.09. The third kappa shape index (κ3) is 9.60. The van der Waals surface area contributed by atoms with Gasteiger partial charge in [-0.05, 0) is 28.8 Å². The lowest BCUT2D eigenvalue weighted by atomic mass is 9.97. The molecule has 0 saturated carbocycles. The van der Waals surface area contributed by atoms with Gasteiger partial charge in [0.2, 0.25) is 0 Å². The average molecular weight is 607 g/mol. The number of hydrogen-bond acceptors (Lipinski definition) is 7. The SMILES string of the molecule is C#CCCO[C@@H]1OC(COCc2ccccc2)[C@@H](OCc2ccccc2)C(OCc2ccccc2)C1OC(=O)c1ccccc1. The highest BCUT2D eigenvalue weighted by Gasteiger charge is 2.50. The van der Waals surface area contributed by atoms with Crippen LogP contribution in [0.5, 0.6) is 0 Å². The molecular formula is C38H38O7. The first-order valence-electron chi connectivity index (χ1n) is 15.1. The van der Waals surface area contributed by atoms with Gasteiger partial charge in [0.15, 0.2) is 12.4 Å². The summed E-state index contributed by atoms with van der Waals surface area (Å²) in [5, 5.41) is 0. The van der Waals surface area contributed by atoms with E-state index in [1.807, 2.05) is 97.1 Å². The van der Waals surface area contributed by atoms with Crippen molar-refractivity contribution in [2.45, 2.75) is 56.9 Å². The molecule has 1 saturated heterocycles. The Morgan fingerprint density at radius 2 is 1.16 bits per heavy atom. The molecule has 5 rings (SSSR count). The molecule has 4 aromatic rings. The summed E-state index contributed by atoms with van der Waals surface area (Å²) < 4.78 is 38.1. The van der Waals surface area contributed by atoms with Gasteiger partial charge in [-0.15, -0.1) is 12.3 Å². The molecule has 232 valence electrons. The summed E-state index contributed by atoms with van der Waals surface area (Å²) in [6, 6.07) is 38.4. The lowest BCUT2D eigenvalue weighted by Gasteiger charge is -2.45. The van der Waals surface area contributed by atoms with Crippen molar-refractivity contribution in [2.24, 2.45) is 0 Å².